The Morgan fingerprint density at radius 1 is 0.875 bits per heavy atom. The topological polar surface area (TPSA) is 0 Å². The molecule has 0 radical (unpaired) electrons. The van der Waals surface area contributed by atoms with Crippen LogP contribution in [-0.4, -0.2) is 0 Å². The van der Waals surface area contributed by atoms with Crippen molar-refractivity contribution in [2.45, 2.75) is 5.88 Å². The van der Waals surface area contributed by atoms with Gasteiger partial charge in [0.25, 0.3) is 0 Å². The molecule has 2 aromatic rings. The fourth-order valence-corrected chi connectivity index (χ4v) is 2.29. The molecule has 0 nitrogen and oxygen atoms in total. The number of hydrogen-bond acceptors (Lipinski definition) is 0. The van der Waals surface area contributed by atoms with Gasteiger partial charge in [0.05, 0.1) is 10.0 Å². The monoisotopic (exact) mass is 270 g/mol. The Kier molecular flexibility index (Phi) is 3.75. The van der Waals surface area contributed by atoms with Crippen molar-refractivity contribution in [3.05, 3.63) is 58.1 Å². The van der Waals surface area contributed by atoms with Crippen LogP contribution in [0.15, 0.2) is 42.5 Å². The summed E-state index contributed by atoms with van der Waals surface area (Å²) in [7, 11) is 0. The molecule has 2 rings (SSSR count). The highest BCUT2D eigenvalue weighted by Crippen LogP contribution is 2.37. The lowest BCUT2D eigenvalue weighted by molar-refractivity contribution is 1.40. The second-order valence-electron chi connectivity index (χ2n) is 3.40. The Bertz CT molecular complexity index is 492. The molecule has 2 aromatic carbocycles. The van der Waals surface area contributed by atoms with E-state index in [4.69, 9.17) is 34.8 Å². The van der Waals surface area contributed by atoms with Crippen LogP contribution in [0.1, 0.15) is 5.56 Å². The van der Waals surface area contributed by atoms with E-state index in [9.17, 15) is 0 Å². The average Bonchev–Trinajstić information content (AvgIpc) is 2.33. The summed E-state index contributed by atoms with van der Waals surface area (Å²) in [6, 6.07) is 13.6. The summed E-state index contributed by atoms with van der Waals surface area (Å²) < 4.78 is 0. The van der Waals surface area contributed by atoms with Gasteiger partial charge in [-0.1, -0.05) is 59.6 Å². The molecule has 0 unspecified atom stereocenters. The van der Waals surface area contributed by atoms with Gasteiger partial charge in [0.1, 0.15) is 0 Å². The molecule has 0 fully saturated rings. The summed E-state index contributed by atoms with van der Waals surface area (Å²) in [4.78, 5) is 0. The van der Waals surface area contributed by atoms with Crippen molar-refractivity contribution in [1.82, 2.24) is 0 Å². The Morgan fingerprint density at radius 3 is 2.19 bits per heavy atom. The first-order valence-corrected chi connectivity index (χ1v) is 6.11. The largest absolute Gasteiger partial charge is 0.122 e. The second kappa shape index (κ2) is 5.09. The lowest BCUT2D eigenvalue weighted by Crippen LogP contribution is -1.88. The molecule has 0 amide bonds. The van der Waals surface area contributed by atoms with Crippen molar-refractivity contribution in [1.29, 1.82) is 0 Å². The molecular weight excluding hydrogens is 263 g/mol. The highest BCUT2D eigenvalue weighted by molar-refractivity contribution is 6.44. The fraction of sp³-hybridized carbons (Fsp3) is 0.0769. The van der Waals surface area contributed by atoms with Crippen molar-refractivity contribution >= 4 is 34.8 Å². The first kappa shape index (κ1) is 11.8. The van der Waals surface area contributed by atoms with Gasteiger partial charge >= 0.3 is 0 Å². The summed E-state index contributed by atoms with van der Waals surface area (Å²) in [5, 5.41) is 1.11. The normalized spacial score (nSPS) is 10.4. The van der Waals surface area contributed by atoms with E-state index in [1.165, 1.54) is 0 Å². The van der Waals surface area contributed by atoms with E-state index in [1.54, 1.807) is 6.07 Å². The summed E-state index contributed by atoms with van der Waals surface area (Å²) in [6.45, 7) is 0. The van der Waals surface area contributed by atoms with E-state index in [0.29, 0.717) is 15.9 Å². The molecular formula is C13H9Cl3. The van der Waals surface area contributed by atoms with E-state index in [2.05, 4.69) is 0 Å². The third-order valence-electron chi connectivity index (χ3n) is 2.39. The van der Waals surface area contributed by atoms with Crippen LogP contribution >= 0.6 is 34.8 Å². The third kappa shape index (κ3) is 2.20. The van der Waals surface area contributed by atoms with Gasteiger partial charge in [-0.05, 0) is 17.2 Å². The zero-order chi connectivity index (χ0) is 11.5. The standard InChI is InChI=1S/C13H9Cl3/c14-8-10-6-7-11(15)13(16)12(10)9-4-2-1-3-5-9/h1-7H,8H2. The highest BCUT2D eigenvalue weighted by atomic mass is 35.5. The molecule has 0 aliphatic carbocycles. The maximum absolute atomic E-state index is 6.22. The van der Waals surface area contributed by atoms with Crippen molar-refractivity contribution in [3.63, 3.8) is 0 Å². The van der Waals surface area contributed by atoms with Gasteiger partial charge in [0, 0.05) is 11.4 Å². The SMILES string of the molecule is ClCc1ccc(Cl)c(Cl)c1-c1ccccc1. The van der Waals surface area contributed by atoms with Gasteiger partial charge in [-0.2, -0.15) is 0 Å². The van der Waals surface area contributed by atoms with Crippen molar-refractivity contribution in [2.75, 3.05) is 0 Å². The second-order valence-corrected chi connectivity index (χ2v) is 4.45. The molecule has 0 heterocycles. The molecule has 0 N–H and O–H groups in total. The Balaban J connectivity index is 2.67. The summed E-state index contributed by atoms with van der Waals surface area (Å²) >= 11 is 18.1. The van der Waals surface area contributed by atoms with E-state index in [1.807, 2.05) is 36.4 Å². The minimum Gasteiger partial charge on any atom is -0.122 e. The predicted molar refractivity (Wildman–Crippen MR) is 71.5 cm³/mol. The molecule has 0 atom stereocenters. The van der Waals surface area contributed by atoms with Crippen LogP contribution in [0.5, 0.6) is 0 Å². The van der Waals surface area contributed by atoms with E-state index < -0.39 is 0 Å². The number of halogens is 3. The minimum atomic E-state index is 0.418. The van der Waals surface area contributed by atoms with Crippen molar-refractivity contribution < 1.29 is 0 Å². The maximum atomic E-state index is 6.22. The highest BCUT2D eigenvalue weighted by Gasteiger charge is 2.11. The van der Waals surface area contributed by atoms with Crippen LogP contribution in [0.25, 0.3) is 11.1 Å². The molecule has 0 aromatic heterocycles. The van der Waals surface area contributed by atoms with E-state index in [-0.39, 0.29) is 0 Å². The van der Waals surface area contributed by atoms with Gasteiger partial charge in [0.15, 0.2) is 0 Å². The molecule has 16 heavy (non-hydrogen) atoms. The molecule has 0 saturated heterocycles. The third-order valence-corrected chi connectivity index (χ3v) is 3.48. The van der Waals surface area contributed by atoms with Gasteiger partial charge in [0.2, 0.25) is 0 Å². The van der Waals surface area contributed by atoms with E-state index >= 15 is 0 Å². The minimum absolute atomic E-state index is 0.418. The summed E-state index contributed by atoms with van der Waals surface area (Å²) in [6.07, 6.45) is 0. The molecule has 0 aliphatic rings. The maximum Gasteiger partial charge on any atom is 0.0673 e. The molecule has 82 valence electrons. The van der Waals surface area contributed by atoms with Crippen LogP contribution < -0.4 is 0 Å². The van der Waals surface area contributed by atoms with Gasteiger partial charge in [-0.15, -0.1) is 11.6 Å². The zero-order valence-electron chi connectivity index (χ0n) is 8.38. The van der Waals surface area contributed by atoms with Gasteiger partial charge in [-0.25, -0.2) is 0 Å². The molecule has 0 saturated carbocycles. The number of alkyl halides is 1. The summed E-state index contributed by atoms with van der Waals surface area (Å²) in [5.74, 6) is 0.418. The van der Waals surface area contributed by atoms with E-state index in [0.717, 1.165) is 16.7 Å². The van der Waals surface area contributed by atoms with Crippen LogP contribution in [-0.2, 0) is 5.88 Å². The van der Waals surface area contributed by atoms with Crippen molar-refractivity contribution in [2.24, 2.45) is 0 Å². The predicted octanol–water partition coefficient (Wildman–Crippen LogP) is 5.40. The first-order valence-electron chi connectivity index (χ1n) is 4.82. The molecule has 0 bridgehead atoms. The van der Waals surface area contributed by atoms with Crippen molar-refractivity contribution in [3.8, 4) is 11.1 Å². The Labute approximate surface area is 110 Å². The number of benzene rings is 2. The van der Waals surface area contributed by atoms with Crippen LogP contribution in [0.2, 0.25) is 10.0 Å². The number of hydrogen-bond donors (Lipinski definition) is 0. The molecule has 3 heteroatoms. The van der Waals surface area contributed by atoms with Crippen LogP contribution in [0.4, 0.5) is 0 Å². The first-order chi connectivity index (χ1) is 7.74. The quantitative estimate of drug-likeness (QED) is 0.642. The number of rotatable bonds is 2. The smallest absolute Gasteiger partial charge is 0.0673 e. The van der Waals surface area contributed by atoms with Crippen LogP contribution in [0.3, 0.4) is 0 Å². The molecule has 0 spiro atoms. The lowest BCUT2D eigenvalue weighted by atomic mass is 10.0. The van der Waals surface area contributed by atoms with Crippen LogP contribution in [0, 0.1) is 0 Å². The van der Waals surface area contributed by atoms with Gasteiger partial charge in [-0.3, -0.25) is 0 Å². The lowest BCUT2D eigenvalue weighted by Gasteiger charge is -2.11. The molecule has 0 aliphatic heterocycles. The average molecular weight is 272 g/mol. The fourth-order valence-electron chi connectivity index (χ4n) is 1.62. The Morgan fingerprint density at radius 2 is 1.56 bits per heavy atom. The Hall–Kier alpha value is -0.690. The zero-order valence-corrected chi connectivity index (χ0v) is 10.7. The summed E-state index contributed by atoms with van der Waals surface area (Å²) in [5.41, 5.74) is 2.94. The van der Waals surface area contributed by atoms with Gasteiger partial charge < -0.3 is 0 Å².